The molecule has 1 fully saturated rings. The van der Waals surface area contributed by atoms with E-state index in [9.17, 15) is 4.79 Å². The summed E-state index contributed by atoms with van der Waals surface area (Å²) in [7, 11) is 0. The van der Waals surface area contributed by atoms with Gasteiger partial charge in [0.15, 0.2) is 0 Å². The second kappa shape index (κ2) is 8.47. The van der Waals surface area contributed by atoms with E-state index >= 15 is 0 Å². The van der Waals surface area contributed by atoms with Crippen LogP contribution in [0, 0.1) is 5.92 Å². The smallest absolute Gasteiger partial charge is 0.255 e. The highest BCUT2D eigenvalue weighted by Gasteiger charge is 2.28. The van der Waals surface area contributed by atoms with Crippen molar-refractivity contribution in [2.24, 2.45) is 11.7 Å². The molecule has 3 N–H and O–H groups in total. The molecule has 4 nitrogen and oxygen atoms in total. The molecule has 0 bridgehead atoms. The van der Waals surface area contributed by atoms with Crippen molar-refractivity contribution in [2.45, 2.75) is 32.2 Å². The highest BCUT2D eigenvalue weighted by Crippen LogP contribution is 2.31. The summed E-state index contributed by atoms with van der Waals surface area (Å²) in [5.41, 5.74) is 6.45. The topological polar surface area (TPSA) is 64.3 Å². The molecule has 1 aliphatic rings. The van der Waals surface area contributed by atoms with Gasteiger partial charge in [0.05, 0.1) is 12.2 Å². The summed E-state index contributed by atoms with van der Waals surface area (Å²) in [6.07, 6.45) is 3.22. The fourth-order valence-electron chi connectivity index (χ4n) is 2.01. The number of hydrogen-bond donors (Lipinski definition) is 2. The van der Waals surface area contributed by atoms with Gasteiger partial charge in [-0.2, -0.15) is 0 Å². The summed E-state index contributed by atoms with van der Waals surface area (Å²) in [6.45, 7) is 3.08. The third kappa shape index (κ3) is 5.38. The third-order valence-electron chi connectivity index (χ3n) is 3.37. The fraction of sp³-hybridized carbons (Fsp3) is 0.533. The average Bonchev–Trinajstić information content (AvgIpc) is 3.27. The molecule has 1 unspecified atom stereocenters. The molecule has 118 valence electrons. The van der Waals surface area contributed by atoms with Crippen LogP contribution in [-0.2, 0) is 0 Å². The molecule has 0 saturated heterocycles. The number of amides is 1. The van der Waals surface area contributed by atoms with Crippen LogP contribution in [0.5, 0.6) is 5.75 Å². The van der Waals surface area contributed by atoms with Crippen LogP contribution < -0.4 is 15.8 Å². The van der Waals surface area contributed by atoms with E-state index in [1.807, 2.05) is 6.92 Å². The Bertz CT molecular complexity index is 479. The van der Waals surface area contributed by atoms with E-state index in [0.29, 0.717) is 35.4 Å². The van der Waals surface area contributed by atoms with E-state index in [2.05, 4.69) is 5.32 Å². The molecule has 0 radical (unpaired) electrons. The molecule has 1 atom stereocenters. The number of hydrogen-bond acceptors (Lipinski definition) is 3. The van der Waals surface area contributed by atoms with Crippen LogP contribution in [0.15, 0.2) is 18.2 Å². The molecular formula is C15H22Cl2N2O2. The van der Waals surface area contributed by atoms with Crippen molar-refractivity contribution in [2.75, 3.05) is 13.2 Å². The third-order valence-corrected chi connectivity index (χ3v) is 3.61. The van der Waals surface area contributed by atoms with Crippen LogP contribution >= 0.6 is 24.0 Å². The number of halogens is 2. The van der Waals surface area contributed by atoms with Gasteiger partial charge in [0.1, 0.15) is 5.75 Å². The first-order valence-electron chi connectivity index (χ1n) is 7.08. The Balaban J connectivity index is 0.00000220. The lowest BCUT2D eigenvalue weighted by atomic mass is 10.1. The predicted molar refractivity (Wildman–Crippen MR) is 87.5 cm³/mol. The highest BCUT2D eigenvalue weighted by atomic mass is 35.5. The van der Waals surface area contributed by atoms with Gasteiger partial charge in [0.2, 0.25) is 0 Å². The normalized spacial score (nSPS) is 15.0. The first-order valence-corrected chi connectivity index (χ1v) is 7.45. The van der Waals surface area contributed by atoms with Gasteiger partial charge in [-0.1, -0.05) is 18.5 Å². The van der Waals surface area contributed by atoms with E-state index in [4.69, 9.17) is 22.1 Å². The minimum absolute atomic E-state index is 0. The van der Waals surface area contributed by atoms with Crippen LogP contribution in [0.3, 0.4) is 0 Å². The lowest BCUT2D eigenvalue weighted by Crippen LogP contribution is -2.38. The number of carbonyl (C=O) groups excluding carboxylic acids is 1. The van der Waals surface area contributed by atoms with Gasteiger partial charge in [0, 0.05) is 17.6 Å². The Kier molecular flexibility index (Phi) is 7.29. The molecule has 1 aliphatic carbocycles. The van der Waals surface area contributed by atoms with Crippen LogP contribution in [0.4, 0.5) is 0 Å². The number of benzene rings is 1. The van der Waals surface area contributed by atoms with Crippen molar-refractivity contribution < 1.29 is 9.53 Å². The lowest BCUT2D eigenvalue weighted by Gasteiger charge is -2.14. The van der Waals surface area contributed by atoms with E-state index in [1.165, 1.54) is 12.8 Å². The molecule has 0 aliphatic heterocycles. The zero-order valence-corrected chi connectivity index (χ0v) is 13.7. The summed E-state index contributed by atoms with van der Waals surface area (Å²) in [6, 6.07) is 5.12. The van der Waals surface area contributed by atoms with Gasteiger partial charge in [0.25, 0.3) is 5.91 Å². The van der Waals surface area contributed by atoms with Crippen LogP contribution in [0.2, 0.25) is 5.02 Å². The summed E-state index contributed by atoms with van der Waals surface area (Å²) in [5, 5.41) is 3.38. The molecule has 0 aromatic heterocycles. The maximum Gasteiger partial charge on any atom is 0.255 e. The van der Waals surface area contributed by atoms with E-state index in [0.717, 1.165) is 6.42 Å². The monoisotopic (exact) mass is 332 g/mol. The second-order valence-corrected chi connectivity index (χ2v) is 5.64. The number of nitrogens with two attached hydrogens (primary N) is 1. The molecule has 1 amide bonds. The molecule has 6 heteroatoms. The van der Waals surface area contributed by atoms with E-state index < -0.39 is 0 Å². The second-order valence-electron chi connectivity index (χ2n) is 5.20. The van der Waals surface area contributed by atoms with Crippen molar-refractivity contribution in [1.82, 2.24) is 5.32 Å². The molecular weight excluding hydrogens is 311 g/mol. The molecule has 0 spiro atoms. The summed E-state index contributed by atoms with van der Waals surface area (Å²) in [4.78, 5) is 12.2. The molecule has 2 rings (SSSR count). The molecule has 1 saturated carbocycles. The SMILES string of the molecule is CCCOc1ccc(Cl)cc1C(=O)NCC(N)C1CC1.Cl. The number of carbonyl (C=O) groups is 1. The molecule has 1 aromatic rings. The van der Waals surface area contributed by atoms with Gasteiger partial charge < -0.3 is 15.8 Å². The summed E-state index contributed by atoms with van der Waals surface area (Å²) < 4.78 is 5.58. The van der Waals surface area contributed by atoms with Gasteiger partial charge in [-0.3, -0.25) is 4.79 Å². The minimum Gasteiger partial charge on any atom is -0.493 e. The Morgan fingerprint density at radius 3 is 2.86 bits per heavy atom. The van der Waals surface area contributed by atoms with E-state index in [-0.39, 0.29) is 24.4 Å². The Hall–Kier alpha value is -0.970. The van der Waals surface area contributed by atoms with Gasteiger partial charge >= 0.3 is 0 Å². The predicted octanol–water partition coefficient (Wildman–Crippen LogP) is 3.02. The van der Waals surface area contributed by atoms with Crippen molar-refractivity contribution in [1.29, 1.82) is 0 Å². The number of ether oxygens (including phenoxy) is 1. The largest absolute Gasteiger partial charge is 0.493 e. The highest BCUT2D eigenvalue weighted by molar-refractivity contribution is 6.31. The summed E-state index contributed by atoms with van der Waals surface area (Å²) in [5.74, 6) is 0.939. The maximum absolute atomic E-state index is 12.2. The number of nitrogens with one attached hydrogen (secondary N) is 1. The van der Waals surface area contributed by atoms with E-state index in [1.54, 1.807) is 18.2 Å². The Morgan fingerprint density at radius 1 is 1.52 bits per heavy atom. The standard InChI is InChI=1S/C15H21ClN2O2.ClH/c1-2-7-20-14-6-5-11(16)8-12(14)15(19)18-9-13(17)10-3-4-10;/h5-6,8,10,13H,2-4,7,9,17H2,1H3,(H,18,19);1H. The first-order chi connectivity index (χ1) is 9.61. The maximum atomic E-state index is 12.2. The Labute approximate surface area is 136 Å². The zero-order valence-electron chi connectivity index (χ0n) is 12.1. The zero-order chi connectivity index (χ0) is 14.5. The van der Waals surface area contributed by atoms with Crippen molar-refractivity contribution in [3.05, 3.63) is 28.8 Å². The average molecular weight is 333 g/mol. The minimum atomic E-state index is -0.185. The quantitative estimate of drug-likeness (QED) is 0.806. The van der Waals surface area contributed by atoms with Gasteiger partial charge in [-0.25, -0.2) is 0 Å². The fourth-order valence-corrected chi connectivity index (χ4v) is 2.19. The van der Waals surface area contributed by atoms with Crippen molar-refractivity contribution >= 4 is 29.9 Å². The van der Waals surface area contributed by atoms with Crippen LogP contribution in [0.1, 0.15) is 36.5 Å². The Morgan fingerprint density at radius 2 is 2.24 bits per heavy atom. The van der Waals surface area contributed by atoms with Crippen LogP contribution in [0.25, 0.3) is 0 Å². The van der Waals surface area contributed by atoms with Crippen LogP contribution in [-0.4, -0.2) is 25.1 Å². The van der Waals surface area contributed by atoms with Crippen molar-refractivity contribution in [3.63, 3.8) is 0 Å². The number of rotatable bonds is 7. The van der Waals surface area contributed by atoms with Crippen molar-refractivity contribution in [3.8, 4) is 5.75 Å². The van der Waals surface area contributed by atoms with Gasteiger partial charge in [-0.15, -0.1) is 12.4 Å². The molecule has 1 aromatic carbocycles. The lowest BCUT2D eigenvalue weighted by molar-refractivity contribution is 0.0946. The molecule has 21 heavy (non-hydrogen) atoms. The van der Waals surface area contributed by atoms with Gasteiger partial charge in [-0.05, 0) is 43.4 Å². The molecule has 0 heterocycles. The first kappa shape index (κ1) is 18.1. The summed E-state index contributed by atoms with van der Waals surface area (Å²) >= 11 is 5.96.